The molecule has 0 bridgehead atoms. The zero-order valence-corrected chi connectivity index (χ0v) is 19.8. The predicted octanol–water partition coefficient (Wildman–Crippen LogP) is 3.33. The molecule has 0 saturated carbocycles. The number of ether oxygens (including phenoxy) is 1. The summed E-state index contributed by atoms with van der Waals surface area (Å²) in [6, 6.07) is 7.76. The fourth-order valence-corrected chi connectivity index (χ4v) is 5.41. The highest BCUT2D eigenvalue weighted by Crippen LogP contribution is 2.45. The Kier molecular flexibility index (Phi) is 6.14. The van der Waals surface area contributed by atoms with Crippen molar-refractivity contribution in [1.29, 1.82) is 0 Å². The average molecular weight is 454 g/mol. The van der Waals surface area contributed by atoms with Crippen LogP contribution in [0.3, 0.4) is 0 Å². The van der Waals surface area contributed by atoms with Gasteiger partial charge >= 0.3 is 5.97 Å². The van der Waals surface area contributed by atoms with Crippen molar-refractivity contribution in [3.63, 3.8) is 0 Å². The number of piperidine rings is 2. The first-order valence-electron chi connectivity index (χ1n) is 11.5. The van der Waals surface area contributed by atoms with Crippen molar-refractivity contribution in [2.24, 2.45) is 11.8 Å². The van der Waals surface area contributed by atoms with Gasteiger partial charge in [0, 0.05) is 36.4 Å². The van der Waals surface area contributed by atoms with E-state index in [1.807, 2.05) is 38.1 Å². The van der Waals surface area contributed by atoms with Crippen molar-refractivity contribution in [3.05, 3.63) is 41.3 Å². The smallest absolute Gasteiger partial charge is 0.326 e. The first-order chi connectivity index (χ1) is 15.7. The molecule has 2 aliphatic heterocycles. The summed E-state index contributed by atoms with van der Waals surface area (Å²) in [7, 11) is 0. The maximum absolute atomic E-state index is 13.2. The molecule has 33 heavy (non-hydrogen) atoms. The molecule has 0 spiro atoms. The molecule has 0 radical (unpaired) electrons. The van der Waals surface area contributed by atoms with Crippen LogP contribution in [0.2, 0.25) is 0 Å². The zero-order chi connectivity index (χ0) is 23.9. The van der Waals surface area contributed by atoms with Crippen LogP contribution in [0.5, 0.6) is 0 Å². The van der Waals surface area contributed by atoms with Gasteiger partial charge in [-0.15, -0.1) is 0 Å². The second-order valence-corrected chi connectivity index (χ2v) is 9.07. The van der Waals surface area contributed by atoms with Gasteiger partial charge in [-0.05, 0) is 52.2 Å². The molecule has 3 heterocycles. The predicted molar refractivity (Wildman–Crippen MR) is 121 cm³/mol. The first-order valence-corrected chi connectivity index (χ1v) is 11.5. The summed E-state index contributed by atoms with van der Waals surface area (Å²) in [5.74, 6) is -0.993. The van der Waals surface area contributed by atoms with Crippen LogP contribution in [-0.4, -0.2) is 46.5 Å². The van der Waals surface area contributed by atoms with Crippen LogP contribution >= 0.6 is 0 Å². The SMILES string of the molecule is CCOC(=O)[C@]1(C)N[C@H](c2ccc(-c3c(C)noc3C)cc2)CC2C(=O)N(CC)C(=O)CC21. The Hall–Kier alpha value is -3.00. The molecule has 2 unspecified atom stereocenters. The van der Waals surface area contributed by atoms with E-state index in [9.17, 15) is 14.4 Å². The number of aromatic nitrogens is 1. The van der Waals surface area contributed by atoms with Gasteiger partial charge in [0.05, 0.1) is 12.3 Å². The minimum Gasteiger partial charge on any atom is -0.465 e. The van der Waals surface area contributed by atoms with E-state index in [0.29, 0.717) is 13.0 Å². The van der Waals surface area contributed by atoms with Crippen molar-refractivity contribution in [2.45, 2.75) is 59.0 Å². The Balaban J connectivity index is 1.69. The average Bonchev–Trinajstić information content (AvgIpc) is 3.13. The van der Waals surface area contributed by atoms with Gasteiger partial charge in [-0.3, -0.25) is 24.6 Å². The molecule has 2 aromatic rings. The van der Waals surface area contributed by atoms with E-state index in [2.05, 4.69) is 10.5 Å². The topological polar surface area (TPSA) is 102 Å². The monoisotopic (exact) mass is 453 g/mol. The highest BCUT2D eigenvalue weighted by molar-refractivity contribution is 6.00. The van der Waals surface area contributed by atoms with Gasteiger partial charge in [-0.1, -0.05) is 29.4 Å². The number of fused-ring (bicyclic) bond motifs is 1. The molecule has 1 N–H and O–H groups in total. The van der Waals surface area contributed by atoms with Crippen LogP contribution in [-0.2, 0) is 19.1 Å². The first kappa shape index (κ1) is 23.2. The van der Waals surface area contributed by atoms with E-state index in [0.717, 1.165) is 28.1 Å². The number of rotatable bonds is 5. The quantitative estimate of drug-likeness (QED) is 0.547. The summed E-state index contributed by atoms with van der Waals surface area (Å²) < 4.78 is 10.7. The number of hydrogen-bond donors (Lipinski definition) is 1. The maximum atomic E-state index is 13.2. The van der Waals surface area contributed by atoms with Gasteiger partial charge < -0.3 is 9.26 Å². The van der Waals surface area contributed by atoms with Gasteiger partial charge in [-0.2, -0.15) is 0 Å². The summed E-state index contributed by atoms with van der Waals surface area (Å²) in [6.45, 7) is 9.66. The molecule has 176 valence electrons. The Morgan fingerprint density at radius 1 is 1.24 bits per heavy atom. The lowest BCUT2D eigenvalue weighted by molar-refractivity contribution is -0.167. The molecule has 0 aliphatic carbocycles. The fraction of sp³-hybridized carbons (Fsp3) is 0.520. The molecule has 4 rings (SSSR count). The number of carbonyl (C=O) groups is 3. The Labute approximate surface area is 193 Å². The lowest BCUT2D eigenvalue weighted by atomic mass is 9.65. The van der Waals surface area contributed by atoms with E-state index < -0.39 is 23.3 Å². The third-order valence-corrected chi connectivity index (χ3v) is 7.12. The van der Waals surface area contributed by atoms with Gasteiger partial charge in [0.15, 0.2) is 0 Å². The molecule has 2 amide bonds. The molecule has 2 saturated heterocycles. The van der Waals surface area contributed by atoms with Crippen molar-refractivity contribution in [1.82, 2.24) is 15.4 Å². The largest absolute Gasteiger partial charge is 0.465 e. The highest BCUT2D eigenvalue weighted by Gasteiger charge is 2.57. The number of aryl methyl sites for hydroxylation is 2. The summed E-state index contributed by atoms with van der Waals surface area (Å²) >= 11 is 0. The summed E-state index contributed by atoms with van der Waals surface area (Å²) in [4.78, 5) is 40.2. The number of amides is 2. The third-order valence-electron chi connectivity index (χ3n) is 7.12. The van der Waals surface area contributed by atoms with Gasteiger partial charge in [-0.25, -0.2) is 0 Å². The number of imide groups is 1. The van der Waals surface area contributed by atoms with E-state index in [1.165, 1.54) is 4.90 Å². The molecule has 1 aromatic carbocycles. The van der Waals surface area contributed by atoms with Crippen LogP contribution in [0.4, 0.5) is 0 Å². The van der Waals surface area contributed by atoms with Crippen molar-refractivity contribution < 1.29 is 23.6 Å². The van der Waals surface area contributed by atoms with Crippen molar-refractivity contribution in [3.8, 4) is 11.1 Å². The molecular weight excluding hydrogens is 422 g/mol. The van der Waals surface area contributed by atoms with E-state index in [-0.39, 0.29) is 30.9 Å². The standard InChI is InChI=1S/C25H31N3O5/c1-6-28-21(29)13-19-18(23(28)30)12-20(26-25(19,5)24(31)32-7-2)16-8-10-17(11-9-16)22-14(3)27-33-15(22)4/h8-11,18-20,26H,6-7,12-13H2,1-5H3/t18?,19?,20-,25+/m0/s1. The second kappa shape index (κ2) is 8.74. The lowest BCUT2D eigenvalue weighted by Gasteiger charge is -2.50. The molecule has 8 heteroatoms. The summed E-state index contributed by atoms with van der Waals surface area (Å²) in [5.41, 5.74) is 2.61. The minimum atomic E-state index is -1.14. The molecule has 1 aromatic heterocycles. The molecule has 8 nitrogen and oxygen atoms in total. The van der Waals surface area contributed by atoms with E-state index in [4.69, 9.17) is 9.26 Å². The maximum Gasteiger partial charge on any atom is 0.326 e. The van der Waals surface area contributed by atoms with Gasteiger partial charge in [0.2, 0.25) is 11.8 Å². The molecule has 4 atom stereocenters. The number of nitrogens with zero attached hydrogens (tertiary/aromatic N) is 2. The summed E-state index contributed by atoms with van der Waals surface area (Å²) in [5, 5.41) is 7.48. The minimum absolute atomic E-state index is 0.143. The number of nitrogens with one attached hydrogen (secondary N) is 1. The second-order valence-electron chi connectivity index (χ2n) is 9.07. The fourth-order valence-electron chi connectivity index (χ4n) is 5.41. The van der Waals surface area contributed by atoms with Crippen LogP contribution in [0.1, 0.15) is 56.7 Å². The van der Waals surface area contributed by atoms with Gasteiger partial charge in [0.25, 0.3) is 0 Å². The molecular formula is C25H31N3O5. The normalized spacial score (nSPS) is 27.4. The molecule has 2 fully saturated rings. The lowest BCUT2D eigenvalue weighted by Crippen LogP contribution is -2.67. The van der Waals surface area contributed by atoms with Crippen LogP contribution in [0.15, 0.2) is 28.8 Å². The van der Waals surface area contributed by atoms with E-state index >= 15 is 0 Å². The van der Waals surface area contributed by atoms with Crippen LogP contribution in [0, 0.1) is 25.7 Å². The number of likely N-dealkylation sites (tertiary alicyclic amines) is 1. The van der Waals surface area contributed by atoms with Gasteiger partial charge in [0.1, 0.15) is 11.3 Å². The number of hydrogen-bond acceptors (Lipinski definition) is 7. The number of benzene rings is 1. The third kappa shape index (κ3) is 3.86. The highest BCUT2D eigenvalue weighted by atomic mass is 16.5. The van der Waals surface area contributed by atoms with E-state index in [1.54, 1.807) is 20.8 Å². The Bertz CT molecular complexity index is 1060. The summed E-state index contributed by atoms with van der Waals surface area (Å²) in [6.07, 6.45) is 0.650. The van der Waals surface area contributed by atoms with Crippen LogP contribution in [0.25, 0.3) is 11.1 Å². The zero-order valence-electron chi connectivity index (χ0n) is 19.8. The Morgan fingerprint density at radius 3 is 2.52 bits per heavy atom. The Morgan fingerprint density at radius 2 is 1.94 bits per heavy atom. The van der Waals surface area contributed by atoms with Crippen molar-refractivity contribution in [2.75, 3.05) is 13.2 Å². The number of carbonyl (C=O) groups excluding carboxylic acids is 3. The van der Waals surface area contributed by atoms with Crippen LogP contribution < -0.4 is 5.32 Å². The number of esters is 1. The molecule has 2 aliphatic rings. The van der Waals surface area contributed by atoms with Crippen molar-refractivity contribution >= 4 is 17.8 Å².